The van der Waals surface area contributed by atoms with E-state index in [4.69, 9.17) is 4.74 Å². The monoisotopic (exact) mass is 237 g/mol. The fourth-order valence-electron chi connectivity index (χ4n) is 2.36. The molecule has 2 aliphatic heterocycles. The summed E-state index contributed by atoms with van der Waals surface area (Å²) in [5, 5.41) is 3.35. The topological polar surface area (TPSA) is 27.7 Å². The third kappa shape index (κ3) is 3.23. The van der Waals surface area contributed by atoms with E-state index in [-0.39, 0.29) is 0 Å². The van der Waals surface area contributed by atoms with Crippen LogP contribution in [0.1, 0.15) is 6.42 Å². The molecule has 96 valence electrons. The van der Waals surface area contributed by atoms with E-state index in [0.717, 1.165) is 26.2 Å². The second-order valence-corrected chi connectivity index (χ2v) is 4.65. The molecule has 4 nitrogen and oxygen atoms in total. The van der Waals surface area contributed by atoms with Gasteiger partial charge < -0.3 is 19.9 Å². The second-order valence-electron chi connectivity index (χ2n) is 4.65. The second kappa shape index (κ2) is 6.07. The Balaban J connectivity index is 1.81. The summed E-state index contributed by atoms with van der Waals surface area (Å²) >= 11 is 0. The first kappa shape index (κ1) is 12.5. The highest BCUT2D eigenvalue weighted by Crippen LogP contribution is 2.18. The molecule has 1 saturated heterocycles. The van der Waals surface area contributed by atoms with Crippen LogP contribution in [0.2, 0.25) is 0 Å². The first-order chi connectivity index (χ1) is 8.33. The molecule has 0 aromatic carbocycles. The Morgan fingerprint density at radius 2 is 2.41 bits per heavy atom. The quantitative estimate of drug-likeness (QED) is 0.759. The number of methoxy groups -OCH3 is 1. The molecule has 0 amide bonds. The van der Waals surface area contributed by atoms with E-state index < -0.39 is 0 Å². The van der Waals surface area contributed by atoms with Gasteiger partial charge in [-0.25, -0.2) is 0 Å². The van der Waals surface area contributed by atoms with Gasteiger partial charge in [-0.05, 0) is 25.6 Å². The maximum atomic E-state index is 5.08. The molecule has 4 heteroatoms. The van der Waals surface area contributed by atoms with Gasteiger partial charge >= 0.3 is 0 Å². The third-order valence-corrected chi connectivity index (χ3v) is 3.54. The van der Waals surface area contributed by atoms with Crippen molar-refractivity contribution in [1.29, 1.82) is 0 Å². The molecule has 17 heavy (non-hydrogen) atoms. The molecule has 0 aliphatic carbocycles. The van der Waals surface area contributed by atoms with Crippen LogP contribution in [0.4, 0.5) is 0 Å². The van der Waals surface area contributed by atoms with Gasteiger partial charge in [0.2, 0.25) is 0 Å². The van der Waals surface area contributed by atoms with Gasteiger partial charge in [0.25, 0.3) is 0 Å². The number of likely N-dealkylation sites (tertiary alicyclic amines) is 1. The summed E-state index contributed by atoms with van der Waals surface area (Å²) in [6.45, 7) is 5.05. The number of likely N-dealkylation sites (N-methyl/N-ethyl adjacent to an activating group) is 1. The molecule has 1 atom stereocenters. The van der Waals surface area contributed by atoms with E-state index in [1.807, 2.05) is 7.05 Å². The molecule has 0 bridgehead atoms. The molecule has 1 fully saturated rings. The molecule has 2 rings (SSSR count). The minimum atomic E-state index is 0.649. The first-order valence-electron chi connectivity index (χ1n) is 6.37. The average Bonchev–Trinajstić information content (AvgIpc) is 2.86. The number of nitrogens with one attached hydrogen (secondary N) is 1. The highest BCUT2D eigenvalue weighted by molar-refractivity contribution is 5.22. The average molecular weight is 237 g/mol. The van der Waals surface area contributed by atoms with Crippen molar-refractivity contribution < 1.29 is 4.74 Å². The number of nitrogens with zero attached hydrogens (tertiary/aromatic N) is 2. The maximum absolute atomic E-state index is 5.08. The summed E-state index contributed by atoms with van der Waals surface area (Å²) < 4.78 is 5.08. The van der Waals surface area contributed by atoms with Crippen molar-refractivity contribution in [3.63, 3.8) is 0 Å². The van der Waals surface area contributed by atoms with E-state index in [1.54, 1.807) is 7.11 Å². The summed E-state index contributed by atoms with van der Waals surface area (Å²) in [5.74, 6) is 0. The van der Waals surface area contributed by atoms with E-state index in [1.165, 1.54) is 18.7 Å². The van der Waals surface area contributed by atoms with Crippen molar-refractivity contribution in [1.82, 2.24) is 15.1 Å². The van der Waals surface area contributed by atoms with Crippen molar-refractivity contribution >= 4 is 0 Å². The predicted molar refractivity (Wildman–Crippen MR) is 69.7 cm³/mol. The van der Waals surface area contributed by atoms with Gasteiger partial charge in [0.1, 0.15) is 0 Å². The van der Waals surface area contributed by atoms with Gasteiger partial charge in [0.15, 0.2) is 0 Å². The fraction of sp³-hybridized carbons (Fsp3) is 0.692. The largest absolute Gasteiger partial charge is 0.383 e. The van der Waals surface area contributed by atoms with Crippen LogP contribution in [0.3, 0.4) is 0 Å². The van der Waals surface area contributed by atoms with E-state index >= 15 is 0 Å². The summed E-state index contributed by atoms with van der Waals surface area (Å²) in [6.07, 6.45) is 7.96. The van der Waals surface area contributed by atoms with Crippen LogP contribution >= 0.6 is 0 Å². The Morgan fingerprint density at radius 1 is 1.53 bits per heavy atom. The standard InChI is InChI=1S/C13H23N3O/c1-14-12-3-8-16(11-12)13-4-6-15(7-5-13)9-10-17-2/h4-6,12,14H,3,7-11H2,1-2H3/t12-/m1/s1. The van der Waals surface area contributed by atoms with E-state index in [9.17, 15) is 0 Å². The van der Waals surface area contributed by atoms with Crippen molar-refractivity contribution in [3.05, 3.63) is 24.0 Å². The van der Waals surface area contributed by atoms with Gasteiger partial charge in [0, 0.05) is 51.2 Å². The molecular formula is C13H23N3O. The highest BCUT2D eigenvalue weighted by atomic mass is 16.5. The van der Waals surface area contributed by atoms with Gasteiger partial charge in [-0.2, -0.15) is 0 Å². The minimum absolute atomic E-state index is 0.649. The van der Waals surface area contributed by atoms with Crippen molar-refractivity contribution in [3.8, 4) is 0 Å². The lowest BCUT2D eigenvalue weighted by atomic mass is 10.2. The van der Waals surface area contributed by atoms with Crippen LogP contribution in [0, 0.1) is 0 Å². The van der Waals surface area contributed by atoms with E-state index in [2.05, 4.69) is 33.5 Å². The maximum Gasteiger partial charge on any atom is 0.0637 e. The van der Waals surface area contributed by atoms with Gasteiger partial charge in [-0.1, -0.05) is 0 Å². The number of ether oxygens (including phenoxy) is 1. The summed E-state index contributed by atoms with van der Waals surface area (Å²) in [6, 6.07) is 0.649. The van der Waals surface area contributed by atoms with Crippen LogP contribution in [-0.4, -0.2) is 62.8 Å². The highest BCUT2D eigenvalue weighted by Gasteiger charge is 2.22. The molecule has 2 aliphatic rings. The Hall–Kier alpha value is -1.00. The summed E-state index contributed by atoms with van der Waals surface area (Å²) in [5.41, 5.74) is 1.37. The molecule has 0 unspecified atom stereocenters. The van der Waals surface area contributed by atoms with Crippen molar-refractivity contribution in [2.45, 2.75) is 12.5 Å². The summed E-state index contributed by atoms with van der Waals surface area (Å²) in [4.78, 5) is 4.74. The zero-order valence-electron chi connectivity index (χ0n) is 10.9. The predicted octanol–water partition coefficient (Wildman–Crippen LogP) is 0.640. The molecule has 0 aromatic heterocycles. The molecule has 0 saturated carbocycles. The van der Waals surface area contributed by atoms with Crippen molar-refractivity contribution in [2.75, 3.05) is 46.9 Å². The smallest absolute Gasteiger partial charge is 0.0637 e. The Bertz CT molecular complexity index is 301. The lowest BCUT2D eigenvalue weighted by Gasteiger charge is -2.27. The zero-order chi connectivity index (χ0) is 12.1. The summed E-state index contributed by atoms with van der Waals surface area (Å²) in [7, 11) is 3.79. The lowest BCUT2D eigenvalue weighted by molar-refractivity contribution is 0.172. The molecule has 0 spiro atoms. The van der Waals surface area contributed by atoms with Gasteiger partial charge in [0.05, 0.1) is 6.61 Å². The Morgan fingerprint density at radius 3 is 3.00 bits per heavy atom. The molecule has 2 heterocycles. The molecule has 0 aromatic rings. The number of rotatable bonds is 5. The Kier molecular flexibility index (Phi) is 4.45. The number of hydrogen-bond acceptors (Lipinski definition) is 4. The van der Waals surface area contributed by atoms with Crippen molar-refractivity contribution in [2.24, 2.45) is 0 Å². The van der Waals surface area contributed by atoms with Crippen LogP contribution < -0.4 is 5.32 Å². The first-order valence-corrected chi connectivity index (χ1v) is 6.37. The zero-order valence-corrected chi connectivity index (χ0v) is 10.9. The molecule has 1 N–H and O–H groups in total. The lowest BCUT2D eigenvalue weighted by Crippen LogP contribution is -2.31. The van der Waals surface area contributed by atoms with Crippen LogP contribution in [-0.2, 0) is 4.74 Å². The van der Waals surface area contributed by atoms with Gasteiger partial charge in [-0.3, -0.25) is 0 Å². The van der Waals surface area contributed by atoms with Gasteiger partial charge in [-0.15, -0.1) is 0 Å². The Labute approximate surface area is 104 Å². The minimum Gasteiger partial charge on any atom is -0.383 e. The third-order valence-electron chi connectivity index (χ3n) is 3.54. The molecule has 0 radical (unpaired) electrons. The van der Waals surface area contributed by atoms with Crippen LogP contribution in [0.15, 0.2) is 24.0 Å². The normalized spacial score (nSPS) is 24.4. The number of hydrogen-bond donors (Lipinski definition) is 1. The molecular weight excluding hydrogens is 214 g/mol. The fourth-order valence-corrected chi connectivity index (χ4v) is 2.36. The number of allylic oxidation sites excluding steroid dienone is 1. The van der Waals surface area contributed by atoms with E-state index in [0.29, 0.717) is 6.04 Å². The van der Waals surface area contributed by atoms with Crippen LogP contribution in [0.5, 0.6) is 0 Å². The SMILES string of the molecule is CN[C@@H]1CCN(C2=CCN(CCOC)C=C2)C1. The van der Waals surface area contributed by atoms with Crippen LogP contribution in [0.25, 0.3) is 0 Å².